The normalized spacial score (nSPS) is 20.6. The molecule has 0 saturated carbocycles. The summed E-state index contributed by atoms with van der Waals surface area (Å²) in [5.74, 6) is -0.898. The average Bonchev–Trinajstić information content (AvgIpc) is 3.81. The molecular weight excluding hydrogens is 979 g/mol. The van der Waals surface area contributed by atoms with Crippen LogP contribution in [0.4, 0.5) is 24.5 Å². The minimum absolute atomic E-state index is 0.00364. The molecule has 3 saturated heterocycles. The Morgan fingerprint density at radius 1 is 0.901 bits per heavy atom. The third-order valence-corrected chi connectivity index (χ3v) is 17.3. The second kappa shape index (κ2) is 20.7. The molecule has 1 unspecified atom stereocenters. The molecule has 5 aromatic rings. The largest absolute Gasteiger partial charge is 0.501 e. The second-order valence-corrected chi connectivity index (χ2v) is 23.5. The number of carbonyl (C=O) groups is 1. The number of sulfonamides is 1. The Hall–Kier alpha value is -5.22. The number of ether oxygens (including phenoxy) is 1. The number of fused-ring (bicyclic) bond motifs is 1. The minimum Gasteiger partial charge on any atom is -0.455 e. The summed E-state index contributed by atoms with van der Waals surface area (Å²) in [5.41, 5.74) is -0.838. The van der Waals surface area contributed by atoms with Gasteiger partial charge in [-0.1, -0.05) is 36.2 Å². The number of hydrogen-bond acceptors (Lipinski definition) is 13. The molecule has 5 heterocycles. The number of H-pyrrole nitrogens is 1. The van der Waals surface area contributed by atoms with Crippen molar-refractivity contribution >= 4 is 65.3 Å². The van der Waals surface area contributed by atoms with E-state index in [1.54, 1.807) is 30.5 Å². The molecule has 2 aromatic heterocycles. The van der Waals surface area contributed by atoms with Crippen LogP contribution < -0.4 is 25.0 Å². The van der Waals surface area contributed by atoms with Crippen LogP contribution in [0, 0.1) is 5.41 Å². The highest BCUT2D eigenvalue weighted by atomic mass is 35.5. The number of nitrogens with one attached hydrogen (secondary N) is 4. The van der Waals surface area contributed by atoms with Gasteiger partial charge in [0.15, 0.2) is 0 Å². The number of hydrogen-bond donors (Lipinski definition) is 4. The summed E-state index contributed by atoms with van der Waals surface area (Å²) in [4.78, 5) is 28.7. The van der Waals surface area contributed by atoms with Crippen molar-refractivity contribution in [3.63, 3.8) is 0 Å². The van der Waals surface area contributed by atoms with Crippen LogP contribution >= 0.6 is 11.6 Å². The van der Waals surface area contributed by atoms with Gasteiger partial charge in [-0.25, -0.2) is 26.5 Å². The van der Waals surface area contributed by atoms with Crippen LogP contribution in [-0.2, 0) is 19.9 Å². The number of nitrogens with zero attached hydrogens (tertiary/aromatic N) is 5. The van der Waals surface area contributed by atoms with Crippen molar-refractivity contribution in [3.05, 3.63) is 107 Å². The van der Waals surface area contributed by atoms with Gasteiger partial charge in [-0.2, -0.15) is 13.2 Å². The number of benzene rings is 3. The summed E-state index contributed by atoms with van der Waals surface area (Å²) in [5, 5.41) is 7.78. The molecule has 71 heavy (non-hydrogen) atoms. The fourth-order valence-electron chi connectivity index (χ4n) is 10.3. The Bertz CT molecular complexity index is 3010. The summed E-state index contributed by atoms with van der Waals surface area (Å²) >= 11 is 6.32. The predicted octanol–water partition coefficient (Wildman–Crippen LogP) is 7.60. The Balaban J connectivity index is 0.951. The Morgan fingerprint density at radius 2 is 1.63 bits per heavy atom. The summed E-state index contributed by atoms with van der Waals surface area (Å²) in [6, 6.07) is 18.5. The van der Waals surface area contributed by atoms with Crippen molar-refractivity contribution in [1.29, 1.82) is 0 Å². The molecule has 4 N–H and O–H groups in total. The standard InChI is InChI=1S/C50H59ClF3N9O6S2/c1-49(33-62-21-17-55-18-22-62)15-11-42(34-3-5-37(51)6-4-34)36(30-49)32-61-23-25-63(26-24-61)39-7-9-43(45(28-39)69-40-27-35-12-16-56-47(35)57-31-40)48(64)59-71(67,68)41-8-10-44(58-38-13-19-60(2)20-14-38)46(29-41)70(65,66)50(52,53)54/h3-10,12,16,27-29,31,38,55,58H,11,13-15,17-26,30,32-33H2,1-2H3,(H,56,57)(H,59,64). The van der Waals surface area contributed by atoms with Crippen molar-refractivity contribution in [2.75, 3.05) is 95.8 Å². The van der Waals surface area contributed by atoms with E-state index in [0.29, 0.717) is 61.4 Å². The molecule has 380 valence electrons. The lowest BCUT2D eigenvalue weighted by Crippen LogP contribution is -2.49. The number of aromatic amines is 1. The Morgan fingerprint density at radius 3 is 2.35 bits per heavy atom. The van der Waals surface area contributed by atoms with Crippen LogP contribution in [0.5, 0.6) is 11.5 Å². The highest BCUT2D eigenvalue weighted by molar-refractivity contribution is 7.92. The summed E-state index contributed by atoms with van der Waals surface area (Å²) in [6.45, 7) is 12.4. The highest BCUT2D eigenvalue weighted by Crippen LogP contribution is 2.44. The Labute approximate surface area is 417 Å². The molecule has 1 aliphatic carbocycles. The first-order chi connectivity index (χ1) is 33.8. The van der Waals surface area contributed by atoms with Crippen LogP contribution in [0.3, 0.4) is 0 Å². The van der Waals surface area contributed by atoms with E-state index < -0.39 is 41.1 Å². The van der Waals surface area contributed by atoms with E-state index in [2.05, 4.69) is 54.4 Å². The van der Waals surface area contributed by atoms with Gasteiger partial charge in [-0.15, -0.1) is 0 Å². The topological polar surface area (TPSA) is 172 Å². The molecule has 3 fully saturated rings. The van der Waals surface area contributed by atoms with Gasteiger partial charge < -0.3 is 35.1 Å². The lowest BCUT2D eigenvalue weighted by molar-refractivity contribution is -0.0435. The smallest absolute Gasteiger partial charge is 0.455 e. The molecule has 3 aliphatic heterocycles. The van der Waals surface area contributed by atoms with Crippen molar-refractivity contribution in [1.82, 2.24) is 34.7 Å². The molecule has 3 aromatic carbocycles. The molecule has 21 heteroatoms. The maximum Gasteiger partial charge on any atom is 0.501 e. The van der Waals surface area contributed by atoms with Crippen molar-refractivity contribution in [2.45, 2.75) is 60.4 Å². The van der Waals surface area contributed by atoms with E-state index in [9.17, 15) is 34.8 Å². The molecule has 15 nitrogen and oxygen atoms in total. The summed E-state index contributed by atoms with van der Waals surface area (Å²) in [7, 11) is -9.10. The number of amides is 1. The van der Waals surface area contributed by atoms with Crippen molar-refractivity contribution in [2.24, 2.45) is 5.41 Å². The number of sulfone groups is 1. The number of piperazine rings is 2. The quantitative estimate of drug-likeness (QED) is 0.0858. The number of carbonyl (C=O) groups excluding carboxylic acids is 1. The van der Waals surface area contributed by atoms with Crippen LogP contribution in [0.1, 0.15) is 54.9 Å². The van der Waals surface area contributed by atoms with Gasteiger partial charge in [0.05, 0.1) is 22.3 Å². The molecule has 4 aliphatic rings. The van der Waals surface area contributed by atoms with Crippen LogP contribution in [-0.4, -0.2) is 145 Å². The molecule has 0 bridgehead atoms. The van der Waals surface area contributed by atoms with Crippen LogP contribution in [0.2, 0.25) is 5.02 Å². The number of aromatic nitrogens is 2. The fourth-order valence-corrected chi connectivity index (χ4v) is 12.4. The second-order valence-electron chi connectivity index (χ2n) is 19.5. The Kier molecular flexibility index (Phi) is 14.8. The lowest BCUT2D eigenvalue weighted by atomic mass is 9.71. The number of anilines is 2. The summed E-state index contributed by atoms with van der Waals surface area (Å²) < 4.78 is 104. The van der Waals surface area contributed by atoms with E-state index in [1.807, 2.05) is 28.8 Å². The summed E-state index contributed by atoms with van der Waals surface area (Å²) in [6.07, 6.45) is 7.29. The van der Waals surface area contributed by atoms with Gasteiger partial charge in [0.2, 0.25) is 0 Å². The number of piperidine rings is 1. The zero-order valence-electron chi connectivity index (χ0n) is 39.7. The van der Waals surface area contributed by atoms with Gasteiger partial charge in [-0.05, 0) is 123 Å². The molecule has 0 spiro atoms. The van der Waals surface area contributed by atoms with Crippen LogP contribution in [0.25, 0.3) is 16.6 Å². The molecule has 1 atom stereocenters. The highest BCUT2D eigenvalue weighted by Gasteiger charge is 2.48. The number of pyridine rings is 1. The third kappa shape index (κ3) is 11.7. The fraction of sp³-hybridized carbons (Fsp3) is 0.440. The first-order valence-electron chi connectivity index (χ1n) is 23.9. The minimum atomic E-state index is -6.03. The van der Waals surface area contributed by atoms with Gasteiger partial charge in [-0.3, -0.25) is 9.69 Å². The number of allylic oxidation sites excluding steroid dienone is 1. The van der Waals surface area contributed by atoms with Gasteiger partial charge in [0.25, 0.3) is 25.8 Å². The van der Waals surface area contributed by atoms with E-state index >= 15 is 0 Å². The van der Waals surface area contributed by atoms with Crippen LogP contribution in [0.15, 0.2) is 101 Å². The van der Waals surface area contributed by atoms with Crippen molar-refractivity contribution < 1.29 is 39.5 Å². The number of likely N-dealkylation sites (tertiary alicyclic amines) is 1. The van der Waals surface area contributed by atoms with E-state index in [1.165, 1.54) is 29.0 Å². The first kappa shape index (κ1) is 50.7. The predicted molar refractivity (Wildman–Crippen MR) is 269 cm³/mol. The van der Waals surface area contributed by atoms with Crippen molar-refractivity contribution in [3.8, 4) is 11.5 Å². The number of rotatable bonds is 14. The van der Waals surface area contributed by atoms with E-state index in [4.69, 9.17) is 16.3 Å². The number of alkyl halides is 3. The molecule has 1 amide bonds. The van der Waals surface area contributed by atoms with E-state index in [-0.39, 0.29) is 34.2 Å². The van der Waals surface area contributed by atoms with Gasteiger partial charge >= 0.3 is 5.51 Å². The zero-order chi connectivity index (χ0) is 50.1. The number of halogens is 4. The SMILES string of the molecule is CN1CCC(Nc2ccc(S(=O)(=O)NC(=O)c3ccc(N4CCN(CC5=C(c6ccc(Cl)cc6)CCC(C)(CN6CCNCC6)C5)CC4)cc3Oc3cnc4[nH]ccc4c3)cc2S(=O)(=O)C(F)(F)F)CC1. The molecule has 9 rings (SSSR count). The van der Waals surface area contributed by atoms with Gasteiger partial charge in [0, 0.05) is 99.8 Å². The third-order valence-electron chi connectivity index (χ3n) is 14.2. The molecular formula is C50H59ClF3N9O6S2. The zero-order valence-corrected chi connectivity index (χ0v) is 42.1. The monoisotopic (exact) mass is 1040 g/mol. The average molecular weight is 1040 g/mol. The van der Waals surface area contributed by atoms with E-state index in [0.717, 1.165) is 89.1 Å². The van der Waals surface area contributed by atoms with Gasteiger partial charge in [0.1, 0.15) is 22.0 Å². The lowest BCUT2D eigenvalue weighted by Gasteiger charge is -2.43. The molecule has 0 radical (unpaired) electrons. The maximum atomic E-state index is 14.1. The maximum absolute atomic E-state index is 14.1. The first-order valence-corrected chi connectivity index (χ1v) is 27.3.